The van der Waals surface area contributed by atoms with Crippen LogP contribution in [0.1, 0.15) is 0 Å². The van der Waals surface area contributed by atoms with E-state index in [4.69, 9.17) is 0 Å². The second-order valence-corrected chi connectivity index (χ2v) is 8.99. The quantitative estimate of drug-likeness (QED) is 0.387. The van der Waals surface area contributed by atoms with Gasteiger partial charge in [0.2, 0.25) is 0 Å². The number of halogens is 11. The van der Waals surface area contributed by atoms with Crippen molar-refractivity contribution in [2.75, 3.05) is 0 Å². The maximum Gasteiger partial charge on any atom is 0.461 e. The van der Waals surface area contributed by atoms with E-state index in [1.165, 1.54) is 0 Å². The van der Waals surface area contributed by atoms with E-state index in [2.05, 4.69) is 37.9 Å². The van der Waals surface area contributed by atoms with E-state index in [-0.39, 0.29) is 12.1 Å². The first kappa shape index (κ1) is 24.0. The highest BCUT2D eigenvalue weighted by atomic mass is 79.9. The van der Waals surface area contributed by atoms with Crippen LogP contribution in [-0.4, -0.2) is 25.8 Å². The van der Waals surface area contributed by atoms with E-state index in [9.17, 15) is 47.9 Å². The van der Waals surface area contributed by atoms with Crippen molar-refractivity contribution in [1.29, 1.82) is 0 Å². The van der Waals surface area contributed by atoms with Gasteiger partial charge in [-0.3, -0.25) is 0 Å². The van der Waals surface area contributed by atoms with Gasteiger partial charge in [0.1, 0.15) is 11.6 Å². The molecule has 159 valence electrons. The minimum absolute atomic E-state index is 0.225. The average molecular weight is 579 g/mol. The highest BCUT2D eigenvalue weighted by Crippen LogP contribution is 2.52. The number of alkyl halides is 7. The molecule has 0 heterocycles. The van der Waals surface area contributed by atoms with Crippen molar-refractivity contribution < 1.29 is 47.9 Å². The molecule has 0 bridgehead atoms. The molecule has 0 aliphatic heterocycles. The van der Waals surface area contributed by atoms with Gasteiger partial charge in [-0.1, -0.05) is 15.9 Å². The Morgan fingerprint density at radius 3 is 1.93 bits per heavy atom. The molecule has 0 aromatic heterocycles. The predicted octanol–water partition coefficient (Wildman–Crippen LogP) is 6.52. The highest BCUT2D eigenvalue weighted by Gasteiger charge is 2.78. The summed E-state index contributed by atoms with van der Waals surface area (Å²) in [5, 5.41) is -6.66. The van der Waals surface area contributed by atoms with Gasteiger partial charge in [0.25, 0.3) is 9.84 Å². The lowest BCUT2D eigenvalue weighted by Gasteiger charge is -2.28. The first-order valence-electron chi connectivity index (χ1n) is 6.89. The molecule has 0 spiro atoms. The van der Waals surface area contributed by atoms with Crippen molar-refractivity contribution in [3.8, 4) is 11.1 Å². The Balaban J connectivity index is 2.91. The maximum atomic E-state index is 14.1. The molecule has 2 nitrogen and oxygen atoms in total. The second kappa shape index (κ2) is 7.45. The van der Waals surface area contributed by atoms with E-state index in [0.29, 0.717) is 12.1 Å². The van der Waals surface area contributed by atoms with Gasteiger partial charge in [0.05, 0.1) is 4.90 Å². The topological polar surface area (TPSA) is 34.1 Å². The molecule has 0 amide bonds. The van der Waals surface area contributed by atoms with Crippen LogP contribution >= 0.6 is 31.9 Å². The van der Waals surface area contributed by atoms with Crippen LogP contribution < -0.4 is 0 Å². The van der Waals surface area contributed by atoms with Crippen LogP contribution in [0.5, 0.6) is 0 Å². The van der Waals surface area contributed by atoms with Crippen LogP contribution in [0.2, 0.25) is 0 Å². The molecule has 0 N–H and O–H groups in total. The summed E-state index contributed by atoms with van der Waals surface area (Å²) in [6, 6.07) is 3.92. The Morgan fingerprint density at radius 2 is 1.45 bits per heavy atom. The minimum atomic E-state index is -6.98. The smallest absolute Gasteiger partial charge is 0.217 e. The predicted molar refractivity (Wildman–Crippen MR) is 89.2 cm³/mol. The number of hydrogen-bond donors (Lipinski definition) is 0. The first-order chi connectivity index (χ1) is 12.9. The average Bonchev–Trinajstić information content (AvgIpc) is 2.53. The Labute approximate surface area is 173 Å². The summed E-state index contributed by atoms with van der Waals surface area (Å²) in [6.07, 6.45) is -6.92. The van der Waals surface area contributed by atoms with Gasteiger partial charge < -0.3 is 0 Å². The molecule has 14 heteroatoms. The number of hydrogen-bond acceptors (Lipinski definition) is 2. The molecule has 0 aliphatic rings. The highest BCUT2D eigenvalue weighted by molar-refractivity contribution is 9.11. The van der Waals surface area contributed by atoms with Gasteiger partial charge in [-0.2, -0.15) is 30.7 Å². The fourth-order valence-electron chi connectivity index (χ4n) is 2.13. The number of sulfone groups is 1. The molecular weight excluding hydrogens is 575 g/mol. The van der Waals surface area contributed by atoms with E-state index >= 15 is 0 Å². The van der Waals surface area contributed by atoms with Crippen LogP contribution in [0.15, 0.2) is 38.1 Å². The van der Waals surface area contributed by atoms with Crippen molar-refractivity contribution in [2.24, 2.45) is 0 Å². The summed E-state index contributed by atoms with van der Waals surface area (Å²) in [4.78, 5) is -1.77. The molecule has 0 fully saturated rings. The van der Waals surface area contributed by atoms with Crippen molar-refractivity contribution in [3.05, 3.63) is 50.9 Å². The normalized spacial score (nSPS) is 13.6. The van der Waals surface area contributed by atoms with Gasteiger partial charge in [-0.15, -0.1) is 0 Å². The van der Waals surface area contributed by atoms with Crippen LogP contribution in [0.4, 0.5) is 39.5 Å². The molecule has 2 rings (SSSR count). The largest absolute Gasteiger partial charge is 0.461 e. The zero-order valence-electron chi connectivity index (χ0n) is 13.2. The number of rotatable bonds is 4. The molecule has 0 atom stereocenters. The van der Waals surface area contributed by atoms with Crippen LogP contribution in [0.3, 0.4) is 0 Å². The standard InChI is InChI=1S/C15H4Br2F9O2S/c16-6-3-9(17)12(8-2-1-7(18)5-10(8)19)11(4-6)29(27,28)15(25,26)13(20,21)14(22,23)24/h1-2,4-5H. The molecule has 0 saturated carbocycles. The first-order valence-corrected chi connectivity index (χ1v) is 9.95. The van der Waals surface area contributed by atoms with Gasteiger partial charge in [-0.05, 0) is 34.1 Å². The molecule has 0 aliphatic carbocycles. The van der Waals surface area contributed by atoms with Gasteiger partial charge in [0.15, 0.2) is 0 Å². The third kappa shape index (κ3) is 3.90. The lowest BCUT2D eigenvalue weighted by atomic mass is 10.1. The third-order valence-electron chi connectivity index (χ3n) is 3.50. The molecule has 0 saturated heterocycles. The molecule has 0 unspecified atom stereocenters. The minimum Gasteiger partial charge on any atom is -0.217 e. The fraction of sp³-hybridized carbons (Fsp3) is 0.200. The van der Waals surface area contributed by atoms with E-state index < -0.39 is 63.8 Å². The number of benzene rings is 2. The summed E-state index contributed by atoms with van der Waals surface area (Å²) >= 11 is 5.31. The zero-order chi connectivity index (χ0) is 22.6. The van der Waals surface area contributed by atoms with Gasteiger partial charge in [0, 0.05) is 32.2 Å². The van der Waals surface area contributed by atoms with E-state index in [1.54, 1.807) is 0 Å². The van der Waals surface area contributed by atoms with Crippen molar-refractivity contribution in [3.63, 3.8) is 0 Å². The summed E-state index contributed by atoms with van der Waals surface area (Å²) in [7, 11) is -6.77. The summed E-state index contributed by atoms with van der Waals surface area (Å²) in [6.45, 7) is 0. The van der Waals surface area contributed by atoms with Crippen molar-refractivity contribution in [2.45, 2.75) is 22.2 Å². The fourth-order valence-corrected chi connectivity index (χ4v) is 5.23. The van der Waals surface area contributed by atoms with Crippen LogP contribution in [-0.2, 0) is 9.84 Å². The molecule has 2 aromatic rings. The second-order valence-electron chi connectivity index (χ2n) is 5.39. The summed E-state index contributed by atoms with van der Waals surface area (Å²) < 4.78 is 143. The van der Waals surface area contributed by atoms with Gasteiger partial charge >= 0.3 is 17.4 Å². The lowest BCUT2D eigenvalue weighted by molar-refractivity contribution is -0.332. The maximum absolute atomic E-state index is 14.1. The summed E-state index contributed by atoms with van der Waals surface area (Å²) in [5.74, 6) is -9.62. The van der Waals surface area contributed by atoms with Crippen LogP contribution in [0, 0.1) is 17.7 Å². The molecule has 1 radical (unpaired) electrons. The zero-order valence-corrected chi connectivity index (χ0v) is 17.2. The van der Waals surface area contributed by atoms with E-state index in [1.807, 2.05) is 0 Å². The Hall–Kier alpha value is -1.28. The molecule has 2 aromatic carbocycles. The van der Waals surface area contributed by atoms with Crippen LogP contribution in [0.25, 0.3) is 11.1 Å². The van der Waals surface area contributed by atoms with Gasteiger partial charge in [-0.25, -0.2) is 17.2 Å². The van der Waals surface area contributed by atoms with E-state index in [0.717, 1.165) is 0 Å². The molecule has 29 heavy (non-hydrogen) atoms. The Kier molecular flexibility index (Phi) is 6.16. The third-order valence-corrected chi connectivity index (χ3v) is 6.36. The lowest BCUT2D eigenvalue weighted by Crippen LogP contribution is -2.56. The van der Waals surface area contributed by atoms with Crippen molar-refractivity contribution >= 4 is 41.7 Å². The summed E-state index contributed by atoms with van der Waals surface area (Å²) in [5.41, 5.74) is -1.92. The SMILES string of the molecule is O=S(=O)(c1cc(Br)[c]c(Br)c1-c1ccc(F)cc1F)C(F)(F)C(F)(F)C(F)(F)F. The molecular formula is C15H4Br2F9O2S. The Bertz CT molecular complexity index is 1070. The van der Waals surface area contributed by atoms with Crippen molar-refractivity contribution in [1.82, 2.24) is 0 Å². The monoisotopic (exact) mass is 577 g/mol. The Morgan fingerprint density at radius 1 is 0.897 bits per heavy atom.